The van der Waals surface area contributed by atoms with Crippen molar-refractivity contribution in [2.24, 2.45) is 0 Å². The fourth-order valence-electron chi connectivity index (χ4n) is 2.73. The first-order valence-electron chi connectivity index (χ1n) is 7.33. The molecular formula is C17H15N3OS2. The first-order chi connectivity index (χ1) is 11.2. The number of aromatic nitrogens is 2. The predicted octanol–water partition coefficient (Wildman–Crippen LogP) is 4.02. The number of thiophene rings is 1. The quantitative estimate of drug-likeness (QED) is 0.766. The molecule has 0 bridgehead atoms. The maximum atomic E-state index is 12.2. The molecule has 0 saturated heterocycles. The second-order valence-corrected chi connectivity index (χ2v) is 7.44. The second kappa shape index (κ2) is 5.86. The van der Waals surface area contributed by atoms with E-state index in [1.165, 1.54) is 10.4 Å². The van der Waals surface area contributed by atoms with E-state index >= 15 is 0 Å². The molecule has 1 unspecified atom stereocenters. The molecule has 1 aromatic carbocycles. The largest absolute Gasteiger partial charge is 0.310 e. The average molecular weight is 341 g/mol. The number of benzene rings is 1. The van der Waals surface area contributed by atoms with Gasteiger partial charge in [0.05, 0.1) is 22.9 Å². The maximum absolute atomic E-state index is 12.2. The number of anilines is 1. The summed E-state index contributed by atoms with van der Waals surface area (Å²) in [6, 6.07) is 12.0. The number of hydrogen-bond acceptors (Lipinski definition) is 4. The van der Waals surface area contributed by atoms with Gasteiger partial charge in [-0.2, -0.15) is 5.10 Å². The molecule has 3 heterocycles. The number of thioether (sulfide) groups is 1. The Morgan fingerprint density at radius 3 is 2.83 bits per heavy atom. The lowest BCUT2D eigenvalue weighted by Gasteiger charge is -2.13. The number of fused-ring (bicyclic) bond motifs is 1. The average Bonchev–Trinajstić information content (AvgIpc) is 3.13. The van der Waals surface area contributed by atoms with Crippen LogP contribution in [0.4, 0.5) is 5.82 Å². The highest BCUT2D eigenvalue weighted by atomic mass is 32.2. The molecule has 2 aromatic heterocycles. The standard InChI is InChI=1S/C17H15N3OS2/c1-11-7-8-22-15(11)16-13-9-18-20(12-5-3-2-4-6-12)17(13)19-14(21)10-23-16/h2-9,16H,10H2,1H3,(H,19,21). The number of rotatable bonds is 2. The van der Waals surface area contributed by atoms with Gasteiger partial charge in [0.15, 0.2) is 0 Å². The summed E-state index contributed by atoms with van der Waals surface area (Å²) >= 11 is 3.40. The third kappa shape index (κ3) is 2.58. The summed E-state index contributed by atoms with van der Waals surface area (Å²) in [4.78, 5) is 13.4. The molecule has 1 N–H and O–H groups in total. The first-order valence-corrected chi connectivity index (χ1v) is 9.25. The highest BCUT2D eigenvalue weighted by Crippen LogP contribution is 2.44. The van der Waals surface area contributed by atoms with Crippen LogP contribution < -0.4 is 5.32 Å². The summed E-state index contributed by atoms with van der Waals surface area (Å²) in [5, 5.41) is 9.80. The van der Waals surface area contributed by atoms with E-state index in [2.05, 4.69) is 28.8 Å². The first kappa shape index (κ1) is 14.5. The number of amides is 1. The Kier molecular flexibility index (Phi) is 3.71. The zero-order valence-electron chi connectivity index (χ0n) is 12.5. The Hall–Kier alpha value is -2.05. The molecule has 6 heteroatoms. The molecule has 1 aliphatic heterocycles. The Morgan fingerprint density at radius 2 is 2.09 bits per heavy atom. The number of carbonyl (C=O) groups excluding carboxylic acids is 1. The van der Waals surface area contributed by atoms with Crippen molar-refractivity contribution in [3.8, 4) is 5.69 Å². The van der Waals surface area contributed by atoms with Gasteiger partial charge in [-0.15, -0.1) is 23.1 Å². The van der Waals surface area contributed by atoms with Gasteiger partial charge in [0, 0.05) is 10.4 Å². The van der Waals surface area contributed by atoms with Crippen LogP contribution in [-0.2, 0) is 4.79 Å². The number of aryl methyl sites for hydroxylation is 1. The highest BCUT2D eigenvalue weighted by Gasteiger charge is 2.29. The molecule has 23 heavy (non-hydrogen) atoms. The third-order valence-electron chi connectivity index (χ3n) is 3.86. The summed E-state index contributed by atoms with van der Waals surface area (Å²) in [6.45, 7) is 2.12. The van der Waals surface area contributed by atoms with E-state index in [1.807, 2.05) is 41.2 Å². The van der Waals surface area contributed by atoms with E-state index in [4.69, 9.17) is 0 Å². The molecule has 0 saturated carbocycles. The van der Waals surface area contributed by atoms with Gasteiger partial charge < -0.3 is 5.32 Å². The van der Waals surface area contributed by atoms with Crippen LogP contribution in [0, 0.1) is 6.92 Å². The van der Waals surface area contributed by atoms with E-state index in [-0.39, 0.29) is 11.2 Å². The molecule has 0 fully saturated rings. The molecule has 116 valence electrons. The number of nitrogens with one attached hydrogen (secondary N) is 1. The monoisotopic (exact) mass is 341 g/mol. The van der Waals surface area contributed by atoms with Gasteiger partial charge in [-0.05, 0) is 36.1 Å². The fourth-order valence-corrected chi connectivity index (χ4v) is 5.10. The van der Waals surface area contributed by atoms with Gasteiger partial charge in [-0.25, -0.2) is 4.68 Å². The summed E-state index contributed by atoms with van der Waals surface area (Å²) in [7, 11) is 0. The molecule has 0 aliphatic carbocycles. The zero-order chi connectivity index (χ0) is 15.8. The van der Waals surface area contributed by atoms with Crippen LogP contribution in [0.1, 0.15) is 21.3 Å². The van der Waals surface area contributed by atoms with Crippen LogP contribution in [0.3, 0.4) is 0 Å². The summed E-state index contributed by atoms with van der Waals surface area (Å²) in [6.07, 6.45) is 1.88. The van der Waals surface area contributed by atoms with Crippen molar-refractivity contribution < 1.29 is 4.79 Å². The molecular weight excluding hydrogens is 326 g/mol. The van der Waals surface area contributed by atoms with Gasteiger partial charge in [0.2, 0.25) is 5.91 Å². The third-order valence-corrected chi connectivity index (χ3v) is 6.34. The minimum Gasteiger partial charge on any atom is -0.310 e. The van der Waals surface area contributed by atoms with Gasteiger partial charge >= 0.3 is 0 Å². The minimum atomic E-state index is 0.0191. The van der Waals surface area contributed by atoms with Crippen molar-refractivity contribution in [3.63, 3.8) is 0 Å². The van der Waals surface area contributed by atoms with Gasteiger partial charge in [0.1, 0.15) is 5.82 Å². The number of hydrogen-bond donors (Lipinski definition) is 1. The lowest BCUT2D eigenvalue weighted by Crippen LogP contribution is -2.15. The van der Waals surface area contributed by atoms with Crippen LogP contribution in [0.2, 0.25) is 0 Å². The maximum Gasteiger partial charge on any atom is 0.235 e. The zero-order valence-corrected chi connectivity index (χ0v) is 14.2. The Morgan fingerprint density at radius 1 is 1.26 bits per heavy atom. The van der Waals surface area contributed by atoms with Crippen molar-refractivity contribution in [1.82, 2.24) is 9.78 Å². The Balaban J connectivity index is 1.86. The van der Waals surface area contributed by atoms with E-state index in [0.29, 0.717) is 5.75 Å². The van der Waals surface area contributed by atoms with Gasteiger partial charge in [0.25, 0.3) is 0 Å². The summed E-state index contributed by atoms with van der Waals surface area (Å²) < 4.78 is 1.81. The van der Waals surface area contributed by atoms with Gasteiger partial charge in [-0.1, -0.05) is 18.2 Å². The van der Waals surface area contributed by atoms with Crippen molar-refractivity contribution >= 4 is 34.8 Å². The van der Waals surface area contributed by atoms with Crippen molar-refractivity contribution in [2.75, 3.05) is 11.1 Å². The topological polar surface area (TPSA) is 46.9 Å². The lowest BCUT2D eigenvalue weighted by molar-refractivity contribution is -0.113. The van der Waals surface area contributed by atoms with E-state index in [1.54, 1.807) is 23.1 Å². The summed E-state index contributed by atoms with van der Waals surface area (Å²) in [5.41, 5.74) is 3.28. The van der Waals surface area contributed by atoms with Crippen LogP contribution in [-0.4, -0.2) is 21.4 Å². The Labute approximate surface area is 142 Å². The molecule has 0 radical (unpaired) electrons. The van der Waals surface area contributed by atoms with Gasteiger partial charge in [-0.3, -0.25) is 4.79 Å². The number of carbonyl (C=O) groups is 1. The number of nitrogens with zero attached hydrogens (tertiary/aromatic N) is 2. The smallest absolute Gasteiger partial charge is 0.235 e. The molecule has 4 rings (SSSR count). The molecule has 3 aromatic rings. The lowest BCUT2D eigenvalue weighted by atomic mass is 10.1. The normalized spacial score (nSPS) is 17.4. The van der Waals surface area contributed by atoms with E-state index < -0.39 is 0 Å². The number of para-hydroxylation sites is 1. The van der Waals surface area contributed by atoms with Crippen molar-refractivity contribution in [3.05, 3.63) is 64.0 Å². The fraction of sp³-hybridized carbons (Fsp3) is 0.176. The molecule has 1 atom stereocenters. The SMILES string of the molecule is Cc1ccsc1C1SCC(=O)Nc2c1cnn2-c1ccccc1. The Bertz CT molecular complexity index is 854. The minimum absolute atomic E-state index is 0.0191. The molecule has 4 nitrogen and oxygen atoms in total. The van der Waals surface area contributed by atoms with Crippen LogP contribution in [0.25, 0.3) is 5.69 Å². The molecule has 1 amide bonds. The van der Waals surface area contributed by atoms with Crippen molar-refractivity contribution in [2.45, 2.75) is 12.2 Å². The van der Waals surface area contributed by atoms with Crippen LogP contribution in [0.15, 0.2) is 48.0 Å². The molecule has 1 aliphatic rings. The summed E-state index contributed by atoms with van der Waals surface area (Å²) in [5.74, 6) is 1.25. The highest BCUT2D eigenvalue weighted by molar-refractivity contribution is 8.00. The van der Waals surface area contributed by atoms with Crippen LogP contribution in [0.5, 0.6) is 0 Å². The van der Waals surface area contributed by atoms with Crippen molar-refractivity contribution in [1.29, 1.82) is 0 Å². The second-order valence-electron chi connectivity index (χ2n) is 5.40. The van der Waals surface area contributed by atoms with E-state index in [9.17, 15) is 4.79 Å². The van der Waals surface area contributed by atoms with Crippen LogP contribution >= 0.6 is 23.1 Å². The van der Waals surface area contributed by atoms with E-state index in [0.717, 1.165) is 17.1 Å². The predicted molar refractivity (Wildman–Crippen MR) is 95.6 cm³/mol. The molecule has 0 spiro atoms.